The zero-order valence-corrected chi connectivity index (χ0v) is 18.5. The van der Waals surface area contributed by atoms with Crippen LogP contribution in [-0.4, -0.2) is 16.0 Å². The zero-order valence-electron chi connectivity index (χ0n) is 18.5. The van der Waals surface area contributed by atoms with E-state index in [-0.39, 0.29) is 5.78 Å². The van der Waals surface area contributed by atoms with Gasteiger partial charge in [0, 0.05) is 11.1 Å². The molecule has 3 heteroatoms. The summed E-state index contributed by atoms with van der Waals surface area (Å²) >= 11 is 0. The van der Waals surface area contributed by atoms with E-state index in [2.05, 4.69) is 0 Å². The van der Waals surface area contributed by atoms with Crippen LogP contribution >= 0.6 is 0 Å². The van der Waals surface area contributed by atoms with Crippen molar-refractivity contribution in [3.05, 3.63) is 68.8 Å². The molecule has 158 valence electrons. The first-order valence-electron chi connectivity index (χ1n) is 11.1. The van der Waals surface area contributed by atoms with Crippen molar-refractivity contribution in [2.45, 2.75) is 66.2 Å². The summed E-state index contributed by atoms with van der Waals surface area (Å²) in [5.74, 6) is 0.862. The third-order valence-corrected chi connectivity index (χ3v) is 6.03. The van der Waals surface area contributed by atoms with Gasteiger partial charge in [0.25, 0.3) is 0 Å². The van der Waals surface area contributed by atoms with Crippen LogP contribution in [0.25, 0.3) is 12.2 Å². The molecule has 0 heterocycles. The van der Waals surface area contributed by atoms with Crippen LogP contribution in [-0.2, 0) is 30.5 Å². The zero-order chi connectivity index (χ0) is 21.8. The molecule has 2 N–H and O–H groups in total. The van der Waals surface area contributed by atoms with Crippen molar-refractivity contribution in [2.75, 3.05) is 0 Å². The van der Waals surface area contributed by atoms with Crippen molar-refractivity contribution in [3.63, 3.8) is 0 Å². The van der Waals surface area contributed by atoms with Crippen molar-refractivity contribution in [3.8, 4) is 11.5 Å². The molecule has 30 heavy (non-hydrogen) atoms. The Balaban J connectivity index is 1.93. The fourth-order valence-corrected chi connectivity index (χ4v) is 4.20. The summed E-state index contributed by atoms with van der Waals surface area (Å²) in [6.07, 6.45) is 8.45. The third-order valence-electron chi connectivity index (χ3n) is 6.03. The summed E-state index contributed by atoms with van der Waals surface area (Å²) in [7, 11) is 0. The lowest BCUT2D eigenvalue weighted by molar-refractivity contribution is -0.111. The highest BCUT2D eigenvalue weighted by Crippen LogP contribution is 2.33. The summed E-state index contributed by atoms with van der Waals surface area (Å²) < 4.78 is 0. The minimum atomic E-state index is 0.100. The second kappa shape index (κ2) is 9.34. The lowest BCUT2D eigenvalue weighted by Crippen LogP contribution is -1.97. The van der Waals surface area contributed by atoms with E-state index in [4.69, 9.17) is 0 Å². The number of carbonyl (C=O) groups excluding carboxylic acids is 1. The van der Waals surface area contributed by atoms with Gasteiger partial charge in [0.05, 0.1) is 0 Å². The van der Waals surface area contributed by atoms with Gasteiger partial charge in [0.1, 0.15) is 11.5 Å². The molecule has 0 saturated heterocycles. The monoisotopic (exact) mass is 404 g/mol. The summed E-state index contributed by atoms with van der Waals surface area (Å²) in [4.78, 5) is 13.0. The van der Waals surface area contributed by atoms with Gasteiger partial charge in [-0.3, -0.25) is 4.79 Å². The number of aromatic hydroxyl groups is 2. The lowest BCUT2D eigenvalue weighted by Gasteiger charge is -2.10. The Morgan fingerprint density at radius 2 is 0.967 bits per heavy atom. The van der Waals surface area contributed by atoms with E-state index in [0.29, 0.717) is 11.5 Å². The number of ketones is 1. The van der Waals surface area contributed by atoms with E-state index in [9.17, 15) is 15.0 Å². The van der Waals surface area contributed by atoms with Crippen LogP contribution in [0.2, 0.25) is 0 Å². The lowest BCUT2D eigenvalue weighted by atomic mass is 9.98. The second-order valence-corrected chi connectivity index (χ2v) is 7.96. The number of phenols is 2. The number of aryl methyl sites for hydroxylation is 4. The summed E-state index contributed by atoms with van der Waals surface area (Å²) in [5.41, 5.74) is 7.30. The minimum absolute atomic E-state index is 0.100. The molecule has 1 fully saturated rings. The van der Waals surface area contributed by atoms with Crippen LogP contribution in [0.4, 0.5) is 0 Å². The van der Waals surface area contributed by atoms with Gasteiger partial charge < -0.3 is 10.2 Å². The van der Waals surface area contributed by atoms with Gasteiger partial charge in [0.15, 0.2) is 5.78 Å². The summed E-state index contributed by atoms with van der Waals surface area (Å²) in [6.45, 7) is 8.11. The maximum absolute atomic E-state index is 13.0. The van der Waals surface area contributed by atoms with Gasteiger partial charge in [-0.25, -0.2) is 0 Å². The Hall–Kier alpha value is -2.81. The van der Waals surface area contributed by atoms with Gasteiger partial charge in [-0.1, -0.05) is 27.7 Å². The van der Waals surface area contributed by atoms with Gasteiger partial charge in [-0.2, -0.15) is 0 Å². The SMILES string of the molecule is CCc1cc(/C=C2/CC/C(=C\c3cc(CC)c(O)c(CC)c3)C2=O)cc(CC)c1O. The topological polar surface area (TPSA) is 57.5 Å². The van der Waals surface area contributed by atoms with Crippen LogP contribution in [0.15, 0.2) is 35.4 Å². The number of rotatable bonds is 6. The first-order valence-corrected chi connectivity index (χ1v) is 11.1. The molecule has 2 aromatic rings. The highest BCUT2D eigenvalue weighted by molar-refractivity contribution is 6.15. The molecular weight excluding hydrogens is 372 g/mol. The molecule has 0 bridgehead atoms. The predicted octanol–water partition coefficient (Wildman–Crippen LogP) is 6.18. The van der Waals surface area contributed by atoms with Gasteiger partial charge in [-0.05, 0) is 108 Å². The number of carbonyl (C=O) groups is 1. The molecule has 1 aliphatic carbocycles. The standard InChI is InChI=1S/C27H32O3/c1-5-19-11-17(12-20(6-2)25(19)28)15-23-9-10-24(27(23)30)16-18-13-21(7-3)26(29)22(8-4)14-18/h11-16,28-29H,5-10H2,1-4H3/b23-15-,24-16+. The number of benzene rings is 2. The second-order valence-electron chi connectivity index (χ2n) is 7.96. The van der Waals surface area contributed by atoms with Gasteiger partial charge >= 0.3 is 0 Å². The Morgan fingerprint density at radius 3 is 1.23 bits per heavy atom. The molecule has 0 unspecified atom stereocenters. The van der Waals surface area contributed by atoms with Crippen LogP contribution in [0.5, 0.6) is 11.5 Å². The van der Waals surface area contributed by atoms with Crippen LogP contribution < -0.4 is 0 Å². The quantitative estimate of drug-likeness (QED) is 0.566. The van der Waals surface area contributed by atoms with Crippen LogP contribution in [0.1, 0.15) is 73.9 Å². The van der Waals surface area contributed by atoms with E-state index in [1.54, 1.807) is 0 Å². The van der Waals surface area contributed by atoms with E-state index in [0.717, 1.165) is 83.1 Å². The van der Waals surface area contributed by atoms with Crippen LogP contribution in [0, 0.1) is 0 Å². The molecule has 1 aliphatic rings. The van der Waals surface area contributed by atoms with Crippen LogP contribution in [0.3, 0.4) is 0 Å². The first kappa shape index (κ1) is 21.9. The van der Waals surface area contributed by atoms with Crippen molar-refractivity contribution in [1.29, 1.82) is 0 Å². The number of hydrogen-bond donors (Lipinski definition) is 2. The van der Waals surface area contributed by atoms with Crippen molar-refractivity contribution >= 4 is 17.9 Å². The molecule has 0 spiro atoms. The van der Waals surface area contributed by atoms with E-state index in [1.807, 2.05) is 64.1 Å². The molecule has 0 amide bonds. The maximum atomic E-state index is 13.0. The predicted molar refractivity (Wildman–Crippen MR) is 124 cm³/mol. The Morgan fingerprint density at radius 1 is 0.667 bits per heavy atom. The molecule has 0 aromatic heterocycles. The fourth-order valence-electron chi connectivity index (χ4n) is 4.20. The average molecular weight is 405 g/mol. The van der Waals surface area contributed by atoms with E-state index in [1.165, 1.54) is 0 Å². The molecule has 3 rings (SSSR count). The molecular formula is C27H32O3. The molecule has 1 saturated carbocycles. The minimum Gasteiger partial charge on any atom is -0.507 e. The third kappa shape index (κ3) is 4.35. The molecule has 0 aliphatic heterocycles. The number of hydrogen-bond acceptors (Lipinski definition) is 3. The van der Waals surface area contributed by atoms with Crippen molar-refractivity contribution in [2.24, 2.45) is 0 Å². The molecule has 0 atom stereocenters. The van der Waals surface area contributed by atoms with Gasteiger partial charge in [0.2, 0.25) is 0 Å². The largest absolute Gasteiger partial charge is 0.507 e. The summed E-state index contributed by atoms with van der Waals surface area (Å²) in [6, 6.07) is 7.93. The van der Waals surface area contributed by atoms with E-state index < -0.39 is 0 Å². The Kier molecular flexibility index (Phi) is 6.81. The number of allylic oxidation sites excluding steroid dienone is 2. The molecule has 2 aromatic carbocycles. The van der Waals surface area contributed by atoms with Crippen molar-refractivity contribution in [1.82, 2.24) is 0 Å². The highest BCUT2D eigenvalue weighted by Gasteiger charge is 2.23. The maximum Gasteiger partial charge on any atom is 0.185 e. The number of Topliss-reactive ketones (excluding diaryl/α,β-unsaturated/α-hetero) is 1. The fraction of sp³-hybridized carbons (Fsp3) is 0.370. The van der Waals surface area contributed by atoms with Crippen molar-refractivity contribution < 1.29 is 15.0 Å². The molecule has 0 radical (unpaired) electrons. The summed E-state index contributed by atoms with van der Waals surface area (Å²) in [5, 5.41) is 20.6. The first-order chi connectivity index (χ1) is 14.4. The Labute approximate surface area is 179 Å². The normalized spacial score (nSPS) is 16.7. The van der Waals surface area contributed by atoms with E-state index >= 15 is 0 Å². The average Bonchev–Trinajstić information content (AvgIpc) is 3.09. The van der Waals surface area contributed by atoms with Gasteiger partial charge in [-0.15, -0.1) is 0 Å². The smallest absolute Gasteiger partial charge is 0.185 e. The molecule has 3 nitrogen and oxygen atoms in total. The Bertz CT molecular complexity index is 893. The highest BCUT2D eigenvalue weighted by atomic mass is 16.3. The number of phenolic OH excluding ortho intramolecular Hbond substituents is 2.